The van der Waals surface area contributed by atoms with E-state index in [1.807, 2.05) is 6.07 Å². The van der Waals surface area contributed by atoms with Crippen molar-refractivity contribution >= 4 is 23.2 Å². The second-order valence-electron chi connectivity index (χ2n) is 3.17. The van der Waals surface area contributed by atoms with E-state index < -0.39 is 0 Å². The highest BCUT2D eigenvalue weighted by Gasteiger charge is 2.12. The lowest BCUT2D eigenvalue weighted by atomic mass is 10.0. The maximum Gasteiger partial charge on any atom is 0.0475 e. The summed E-state index contributed by atoms with van der Waals surface area (Å²) in [6.07, 6.45) is 1.98. The molecular weight excluding hydrogens is 219 g/mol. The third kappa shape index (κ3) is 2.85. The molecule has 1 rings (SSSR count). The number of benzene rings is 1. The summed E-state index contributed by atoms with van der Waals surface area (Å²) in [4.78, 5) is 0. The third-order valence-electron chi connectivity index (χ3n) is 2.11. The molecule has 0 aliphatic heterocycles. The SMILES string of the molecule is CCCC(NN)c1cc(Cl)ccc1Cl. The summed E-state index contributed by atoms with van der Waals surface area (Å²) in [5, 5.41) is 1.38. The Labute approximate surface area is 94.4 Å². The second kappa shape index (κ2) is 5.56. The summed E-state index contributed by atoms with van der Waals surface area (Å²) in [6, 6.07) is 5.49. The van der Waals surface area contributed by atoms with E-state index in [1.165, 1.54) is 0 Å². The van der Waals surface area contributed by atoms with Gasteiger partial charge < -0.3 is 0 Å². The monoisotopic (exact) mass is 232 g/mol. The van der Waals surface area contributed by atoms with Gasteiger partial charge in [-0.3, -0.25) is 11.3 Å². The molecule has 0 radical (unpaired) electrons. The fourth-order valence-electron chi connectivity index (χ4n) is 1.40. The Bertz CT molecular complexity index is 302. The van der Waals surface area contributed by atoms with E-state index in [2.05, 4.69) is 12.3 Å². The van der Waals surface area contributed by atoms with Gasteiger partial charge in [-0.1, -0.05) is 36.5 Å². The average Bonchev–Trinajstić information content (AvgIpc) is 2.18. The van der Waals surface area contributed by atoms with Gasteiger partial charge >= 0.3 is 0 Å². The van der Waals surface area contributed by atoms with Gasteiger partial charge in [-0.15, -0.1) is 0 Å². The minimum absolute atomic E-state index is 0.0752. The molecule has 0 aromatic heterocycles. The molecule has 1 atom stereocenters. The fraction of sp³-hybridized carbons (Fsp3) is 0.400. The highest BCUT2D eigenvalue weighted by Crippen LogP contribution is 2.28. The molecule has 0 saturated heterocycles. The van der Waals surface area contributed by atoms with Crippen molar-refractivity contribution in [3.63, 3.8) is 0 Å². The molecular formula is C10H14Cl2N2. The van der Waals surface area contributed by atoms with Crippen LogP contribution < -0.4 is 11.3 Å². The van der Waals surface area contributed by atoms with Crippen LogP contribution in [0.3, 0.4) is 0 Å². The van der Waals surface area contributed by atoms with Crippen LogP contribution in [0.1, 0.15) is 31.4 Å². The van der Waals surface area contributed by atoms with Crippen LogP contribution in [0.15, 0.2) is 18.2 Å². The molecule has 2 nitrogen and oxygen atoms in total. The van der Waals surface area contributed by atoms with Crippen LogP contribution >= 0.6 is 23.2 Å². The number of hydrogen-bond donors (Lipinski definition) is 2. The third-order valence-corrected chi connectivity index (χ3v) is 2.69. The topological polar surface area (TPSA) is 38.0 Å². The van der Waals surface area contributed by atoms with Gasteiger partial charge in [0.25, 0.3) is 0 Å². The molecule has 0 saturated carbocycles. The molecule has 0 amide bonds. The number of hydrazine groups is 1. The minimum atomic E-state index is 0.0752. The van der Waals surface area contributed by atoms with E-state index in [0.29, 0.717) is 10.0 Å². The zero-order chi connectivity index (χ0) is 10.6. The van der Waals surface area contributed by atoms with Gasteiger partial charge in [-0.2, -0.15) is 0 Å². The van der Waals surface area contributed by atoms with Gasteiger partial charge in [0.05, 0.1) is 0 Å². The Morgan fingerprint density at radius 2 is 2.14 bits per heavy atom. The highest BCUT2D eigenvalue weighted by atomic mass is 35.5. The smallest absolute Gasteiger partial charge is 0.0475 e. The summed E-state index contributed by atoms with van der Waals surface area (Å²) in [6.45, 7) is 2.10. The largest absolute Gasteiger partial charge is 0.271 e. The van der Waals surface area contributed by atoms with Crippen molar-refractivity contribution in [3.8, 4) is 0 Å². The molecule has 3 N–H and O–H groups in total. The van der Waals surface area contributed by atoms with Crippen molar-refractivity contribution in [1.82, 2.24) is 5.43 Å². The molecule has 14 heavy (non-hydrogen) atoms. The first-order chi connectivity index (χ1) is 6.69. The Balaban J connectivity index is 2.96. The van der Waals surface area contributed by atoms with Crippen LogP contribution in [0.2, 0.25) is 10.0 Å². The van der Waals surface area contributed by atoms with Crippen molar-refractivity contribution in [2.45, 2.75) is 25.8 Å². The zero-order valence-corrected chi connectivity index (χ0v) is 9.57. The lowest BCUT2D eigenvalue weighted by Gasteiger charge is -2.16. The predicted octanol–water partition coefficient (Wildman–Crippen LogP) is 3.30. The number of hydrogen-bond acceptors (Lipinski definition) is 2. The van der Waals surface area contributed by atoms with Crippen LogP contribution in [-0.2, 0) is 0 Å². The van der Waals surface area contributed by atoms with E-state index in [1.54, 1.807) is 12.1 Å². The Morgan fingerprint density at radius 3 is 2.71 bits per heavy atom. The number of halogens is 2. The van der Waals surface area contributed by atoms with Crippen LogP contribution in [0, 0.1) is 0 Å². The molecule has 4 heteroatoms. The maximum absolute atomic E-state index is 6.05. The Morgan fingerprint density at radius 1 is 1.43 bits per heavy atom. The van der Waals surface area contributed by atoms with Crippen LogP contribution in [0.5, 0.6) is 0 Å². The predicted molar refractivity (Wildman–Crippen MR) is 61.4 cm³/mol. The van der Waals surface area contributed by atoms with Crippen molar-refractivity contribution in [2.75, 3.05) is 0 Å². The van der Waals surface area contributed by atoms with E-state index >= 15 is 0 Å². The van der Waals surface area contributed by atoms with Crippen molar-refractivity contribution in [2.24, 2.45) is 5.84 Å². The molecule has 0 fully saturated rings. The first kappa shape index (κ1) is 11.8. The average molecular weight is 233 g/mol. The summed E-state index contributed by atoms with van der Waals surface area (Å²) in [5.41, 5.74) is 3.71. The number of rotatable bonds is 4. The van der Waals surface area contributed by atoms with Crippen LogP contribution in [0.4, 0.5) is 0 Å². The van der Waals surface area contributed by atoms with Gasteiger partial charge in [-0.05, 0) is 30.2 Å². The van der Waals surface area contributed by atoms with Gasteiger partial charge in [0.15, 0.2) is 0 Å². The highest BCUT2D eigenvalue weighted by molar-refractivity contribution is 6.33. The Hall–Kier alpha value is -0.280. The van der Waals surface area contributed by atoms with Crippen molar-refractivity contribution in [1.29, 1.82) is 0 Å². The molecule has 1 aromatic carbocycles. The van der Waals surface area contributed by atoms with Gasteiger partial charge in [0, 0.05) is 16.1 Å². The van der Waals surface area contributed by atoms with E-state index in [0.717, 1.165) is 18.4 Å². The van der Waals surface area contributed by atoms with Gasteiger partial charge in [-0.25, -0.2) is 0 Å². The summed E-state index contributed by atoms with van der Waals surface area (Å²) < 4.78 is 0. The Kier molecular flexibility index (Phi) is 4.69. The maximum atomic E-state index is 6.05. The molecule has 1 aromatic rings. The zero-order valence-electron chi connectivity index (χ0n) is 8.06. The molecule has 0 bridgehead atoms. The van der Waals surface area contributed by atoms with Crippen molar-refractivity contribution < 1.29 is 0 Å². The standard InChI is InChI=1S/C10H14Cl2N2/c1-2-3-10(14-13)8-6-7(11)4-5-9(8)12/h4-6,10,14H,2-3,13H2,1H3. The van der Waals surface area contributed by atoms with Crippen LogP contribution in [0.25, 0.3) is 0 Å². The molecule has 1 unspecified atom stereocenters. The van der Waals surface area contributed by atoms with Gasteiger partial charge in [0.2, 0.25) is 0 Å². The fourth-order valence-corrected chi connectivity index (χ4v) is 1.83. The normalized spacial score (nSPS) is 12.9. The first-order valence-corrected chi connectivity index (χ1v) is 5.35. The summed E-state index contributed by atoms with van der Waals surface area (Å²) >= 11 is 11.9. The van der Waals surface area contributed by atoms with E-state index in [4.69, 9.17) is 29.0 Å². The molecule has 0 spiro atoms. The van der Waals surface area contributed by atoms with Crippen molar-refractivity contribution in [3.05, 3.63) is 33.8 Å². The molecule has 0 aliphatic carbocycles. The molecule has 0 heterocycles. The summed E-state index contributed by atoms with van der Waals surface area (Å²) in [7, 11) is 0. The quantitative estimate of drug-likeness (QED) is 0.618. The second-order valence-corrected chi connectivity index (χ2v) is 4.02. The lowest BCUT2D eigenvalue weighted by molar-refractivity contribution is 0.510. The lowest BCUT2D eigenvalue weighted by Crippen LogP contribution is -2.28. The van der Waals surface area contributed by atoms with Gasteiger partial charge in [0.1, 0.15) is 0 Å². The molecule has 0 aliphatic rings. The van der Waals surface area contributed by atoms with Crippen LogP contribution in [-0.4, -0.2) is 0 Å². The number of nitrogens with one attached hydrogen (secondary N) is 1. The summed E-state index contributed by atoms with van der Waals surface area (Å²) in [5.74, 6) is 5.46. The first-order valence-electron chi connectivity index (χ1n) is 4.60. The number of nitrogens with two attached hydrogens (primary N) is 1. The molecule has 78 valence electrons. The minimum Gasteiger partial charge on any atom is -0.271 e. The van der Waals surface area contributed by atoms with E-state index in [9.17, 15) is 0 Å². The van der Waals surface area contributed by atoms with E-state index in [-0.39, 0.29) is 6.04 Å².